The second-order valence-electron chi connectivity index (χ2n) is 5.41. The Morgan fingerprint density at radius 1 is 1.42 bits per heavy atom. The molecule has 1 heterocycles. The molecule has 0 radical (unpaired) electrons. The van der Waals surface area contributed by atoms with Crippen molar-refractivity contribution in [3.63, 3.8) is 0 Å². The minimum Gasteiger partial charge on any atom is -0.481 e. The summed E-state index contributed by atoms with van der Waals surface area (Å²) in [5, 5.41) is 11.5. The molecule has 0 aliphatic carbocycles. The van der Waals surface area contributed by atoms with Gasteiger partial charge in [0.25, 0.3) is 0 Å². The van der Waals surface area contributed by atoms with Gasteiger partial charge in [0.2, 0.25) is 11.8 Å². The highest BCUT2D eigenvalue weighted by Crippen LogP contribution is 2.10. The Kier molecular flexibility index (Phi) is 5.79. The molecule has 19 heavy (non-hydrogen) atoms. The van der Waals surface area contributed by atoms with Gasteiger partial charge >= 0.3 is 5.97 Å². The average Bonchev–Trinajstić information content (AvgIpc) is 2.61. The lowest BCUT2D eigenvalue weighted by molar-refractivity contribution is -0.138. The molecular formula is C13H22N2O4. The average molecular weight is 270 g/mol. The van der Waals surface area contributed by atoms with Crippen LogP contribution in [0.4, 0.5) is 0 Å². The molecule has 1 aliphatic rings. The fraction of sp³-hybridized carbons (Fsp3) is 0.769. The predicted octanol–water partition coefficient (Wildman–Crippen LogP) is 0.614. The molecule has 108 valence electrons. The largest absolute Gasteiger partial charge is 0.481 e. The Morgan fingerprint density at radius 2 is 2.11 bits per heavy atom. The van der Waals surface area contributed by atoms with E-state index in [4.69, 9.17) is 5.11 Å². The monoisotopic (exact) mass is 270 g/mol. The molecule has 0 spiro atoms. The quantitative estimate of drug-likeness (QED) is 0.710. The second kappa shape index (κ2) is 7.11. The highest BCUT2D eigenvalue weighted by molar-refractivity contribution is 5.86. The van der Waals surface area contributed by atoms with Crippen molar-refractivity contribution in [2.24, 2.45) is 5.92 Å². The lowest BCUT2D eigenvalue weighted by Crippen LogP contribution is -2.43. The number of rotatable bonds is 7. The van der Waals surface area contributed by atoms with Gasteiger partial charge in [-0.3, -0.25) is 14.4 Å². The fourth-order valence-electron chi connectivity index (χ4n) is 2.29. The number of hydrogen-bond donors (Lipinski definition) is 2. The number of carbonyl (C=O) groups is 3. The normalized spacial score (nSPS) is 16.8. The molecule has 1 fully saturated rings. The molecule has 1 rings (SSSR count). The van der Waals surface area contributed by atoms with Crippen molar-refractivity contribution in [2.45, 2.75) is 45.6 Å². The second-order valence-corrected chi connectivity index (χ2v) is 5.41. The van der Waals surface area contributed by atoms with E-state index < -0.39 is 5.97 Å². The Balaban J connectivity index is 2.45. The van der Waals surface area contributed by atoms with Gasteiger partial charge in [-0.25, -0.2) is 0 Å². The summed E-state index contributed by atoms with van der Waals surface area (Å²) >= 11 is 0. The molecule has 1 saturated heterocycles. The third kappa shape index (κ3) is 5.72. The number of amides is 2. The summed E-state index contributed by atoms with van der Waals surface area (Å²) in [5.74, 6) is -0.905. The Morgan fingerprint density at radius 3 is 2.58 bits per heavy atom. The first-order valence-corrected chi connectivity index (χ1v) is 6.67. The van der Waals surface area contributed by atoms with Crippen LogP contribution in [0.25, 0.3) is 0 Å². The Hall–Kier alpha value is -1.59. The zero-order valence-corrected chi connectivity index (χ0v) is 11.5. The van der Waals surface area contributed by atoms with Crippen LogP contribution in [0.15, 0.2) is 0 Å². The minimum atomic E-state index is -0.928. The van der Waals surface area contributed by atoms with Crippen LogP contribution in [0, 0.1) is 5.92 Å². The molecule has 0 aromatic carbocycles. The summed E-state index contributed by atoms with van der Waals surface area (Å²) in [4.78, 5) is 35.5. The van der Waals surface area contributed by atoms with Crippen molar-refractivity contribution in [1.82, 2.24) is 10.2 Å². The SMILES string of the molecule is CC(C)CC(CC(=O)O)NC(=O)CN1CCCC1=O. The molecule has 0 aromatic heterocycles. The van der Waals surface area contributed by atoms with Crippen molar-refractivity contribution >= 4 is 17.8 Å². The van der Waals surface area contributed by atoms with Crippen LogP contribution in [0.5, 0.6) is 0 Å². The molecule has 0 bridgehead atoms. The molecule has 1 aliphatic heterocycles. The van der Waals surface area contributed by atoms with E-state index in [-0.39, 0.29) is 30.8 Å². The van der Waals surface area contributed by atoms with E-state index in [0.717, 1.165) is 6.42 Å². The van der Waals surface area contributed by atoms with E-state index in [9.17, 15) is 14.4 Å². The first-order chi connectivity index (χ1) is 8.88. The lowest BCUT2D eigenvalue weighted by atomic mass is 10.0. The number of carboxylic acids is 1. The topological polar surface area (TPSA) is 86.7 Å². The zero-order chi connectivity index (χ0) is 14.4. The van der Waals surface area contributed by atoms with Gasteiger partial charge in [-0.05, 0) is 18.8 Å². The van der Waals surface area contributed by atoms with Crippen LogP contribution in [-0.2, 0) is 14.4 Å². The van der Waals surface area contributed by atoms with Crippen molar-refractivity contribution in [3.8, 4) is 0 Å². The van der Waals surface area contributed by atoms with Crippen LogP contribution >= 0.6 is 0 Å². The summed E-state index contributed by atoms with van der Waals surface area (Å²) in [5.41, 5.74) is 0. The Labute approximate surface area is 113 Å². The van der Waals surface area contributed by atoms with E-state index in [1.165, 1.54) is 4.90 Å². The maximum Gasteiger partial charge on any atom is 0.305 e. The first-order valence-electron chi connectivity index (χ1n) is 6.67. The molecule has 6 nitrogen and oxygen atoms in total. The van der Waals surface area contributed by atoms with E-state index in [1.807, 2.05) is 13.8 Å². The van der Waals surface area contributed by atoms with Crippen molar-refractivity contribution in [2.75, 3.05) is 13.1 Å². The zero-order valence-electron chi connectivity index (χ0n) is 11.5. The summed E-state index contributed by atoms with van der Waals surface area (Å²) in [6.45, 7) is 4.60. The summed E-state index contributed by atoms with van der Waals surface area (Å²) < 4.78 is 0. The maximum atomic E-state index is 11.8. The van der Waals surface area contributed by atoms with Gasteiger partial charge in [-0.15, -0.1) is 0 Å². The fourth-order valence-corrected chi connectivity index (χ4v) is 2.29. The van der Waals surface area contributed by atoms with Crippen molar-refractivity contribution in [3.05, 3.63) is 0 Å². The third-order valence-electron chi connectivity index (χ3n) is 3.05. The van der Waals surface area contributed by atoms with Crippen LogP contribution < -0.4 is 5.32 Å². The molecule has 0 aromatic rings. The summed E-state index contributed by atoms with van der Waals surface area (Å²) in [6, 6.07) is -0.372. The molecular weight excluding hydrogens is 248 g/mol. The Bertz CT molecular complexity index is 355. The number of likely N-dealkylation sites (tertiary alicyclic amines) is 1. The molecule has 2 N–H and O–H groups in total. The minimum absolute atomic E-state index is 0.00575. The summed E-state index contributed by atoms with van der Waals surface area (Å²) in [6.07, 6.45) is 1.82. The van der Waals surface area contributed by atoms with Gasteiger partial charge in [0, 0.05) is 19.0 Å². The molecule has 2 amide bonds. The first kappa shape index (κ1) is 15.5. The molecule has 1 atom stereocenters. The van der Waals surface area contributed by atoms with Crippen LogP contribution in [0.2, 0.25) is 0 Å². The van der Waals surface area contributed by atoms with Gasteiger partial charge < -0.3 is 15.3 Å². The predicted molar refractivity (Wildman–Crippen MR) is 69.5 cm³/mol. The summed E-state index contributed by atoms with van der Waals surface area (Å²) in [7, 11) is 0. The van der Waals surface area contributed by atoms with E-state index in [1.54, 1.807) is 0 Å². The highest BCUT2D eigenvalue weighted by Gasteiger charge is 2.24. The van der Waals surface area contributed by atoms with Gasteiger partial charge in [0.15, 0.2) is 0 Å². The molecule has 0 saturated carbocycles. The smallest absolute Gasteiger partial charge is 0.305 e. The van der Waals surface area contributed by atoms with Crippen LogP contribution in [0.3, 0.4) is 0 Å². The van der Waals surface area contributed by atoms with Crippen molar-refractivity contribution in [1.29, 1.82) is 0 Å². The number of carboxylic acid groups (broad SMARTS) is 1. The van der Waals surface area contributed by atoms with Gasteiger partial charge in [-0.2, -0.15) is 0 Å². The van der Waals surface area contributed by atoms with Crippen LogP contribution in [0.1, 0.15) is 39.5 Å². The standard InChI is InChI=1S/C13H22N2O4/c1-9(2)6-10(7-13(18)19)14-11(16)8-15-5-3-4-12(15)17/h9-10H,3-8H2,1-2H3,(H,14,16)(H,18,19). The van der Waals surface area contributed by atoms with Gasteiger partial charge in [0.05, 0.1) is 13.0 Å². The number of nitrogens with zero attached hydrogens (tertiary/aromatic N) is 1. The number of aliphatic carboxylic acids is 1. The molecule has 6 heteroatoms. The lowest BCUT2D eigenvalue weighted by Gasteiger charge is -2.21. The van der Waals surface area contributed by atoms with E-state index in [2.05, 4.69) is 5.32 Å². The van der Waals surface area contributed by atoms with E-state index in [0.29, 0.717) is 25.3 Å². The van der Waals surface area contributed by atoms with Crippen LogP contribution in [-0.4, -0.2) is 46.9 Å². The van der Waals surface area contributed by atoms with Gasteiger partial charge in [-0.1, -0.05) is 13.8 Å². The van der Waals surface area contributed by atoms with E-state index >= 15 is 0 Å². The highest BCUT2D eigenvalue weighted by atomic mass is 16.4. The number of hydrogen-bond acceptors (Lipinski definition) is 3. The van der Waals surface area contributed by atoms with Crippen molar-refractivity contribution < 1.29 is 19.5 Å². The number of nitrogens with one attached hydrogen (secondary N) is 1. The number of carbonyl (C=O) groups excluding carboxylic acids is 2. The third-order valence-corrected chi connectivity index (χ3v) is 3.05. The van der Waals surface area contributed by atoms with Gasteiger partial charge in [0.1, 0.15) is 0 Å². The molecule has 1 unspecified atom stereocenters. The maximum absolute atomic E-state index is 11.8.